The van der Waals surface area contributed by atoms with Gasteiger partial charge in [-0.25, -0.2) is 0 Å². The number of hydrogen-bond donors (Lipinski definition) is 0. The fourth-order valence-electron chi connectivity index (χ4n) is 3.30. The van der Waals surface area contributed by atoms with Crippen LogP contribution in [-0.4, -0.2) is 52.3 Å². The van der Waals surface area contributed by atoms with E-state index < -0.39 is 0 Å². The first kappa shape index (κ1) is 18.8. The van der Waals surface area contributed by atoms with Crippen molar-refractivity contribution in [3.05, 3.63) is 54.1 Å². The number of carbonyl (C=O) groups is 2. The van der Waals surface area contributed by atoms with Crippen LogP contribution in [0.4, 0.5) is 0 Å². The largest absolute Gasteiger partial charge is 0.497 e. The quantitative estimate of drug-likeness (QED) is 0.778. The van der Waals surface area contributed by atoms with Crippen molar-refractivity contribution < 1.29 is 14.3 Å². The van der Waals surface area contributed by atoms with E-state index in [9.17, 15) is 9.59 Å². The summed E-state index contributed by atoms with van der Waals surface area (Å²) in [5.74, 6) is 0.672. The third-order valence-electron chi connectivity index (χ3n) is 4.75. The van der Waals surface area contributed by atoms with Crippen molar-refractivity contribution >= 4 is 11.8 Å². The molecule has 7 heteroatoms. The summed E-state index contributed by atoms with van der Waals surface area (Å²) in [4.78, 5) is 36.8. The van der Waals surface area contributed by atoms with Crippen molar-refractivity contribution in [2.75, 3.05) is 20.7 Å². The number of hydrogen-bond acceptors (Lipinski definition) is 5. The Morgan fingerprint density at radius 3 is 2.96 bits per heavy atom. The molecule has 1 aliphatic rings. The molecule has 1 aliphatic heterocycles. The number of piperidine rings is 1. The molecule has 2 aromatic rings. The third kappa shape index (κ3) is 4.81. The molecule has 7 nitrogen and oxygen atoms in total. The van der Waals surface area contributed by atoms with Crippen LogP contribution in [0.2, 0.25) is 0 Å². The number of nitrogens with zero attached hydrogens (tertiary/aromatic N) is 4. The molecule has 0 radical (unpaired) electrons. The summed E-state index contributed by atoms with van der Waals surface area (Å²) in [5, 5.41) is 0. The molecule has 0 bridgehead atoms. The average molecular weight is 368 g/mol. The van der Waals surface area contributed by atoms with Gasteiger partial charge in [0.2, 0.25) is 11.8 Å². The SMILES string of the molecule is COc1cccc(CN2C[C@@H](C(=O)N(C)Cc3cnccn3)CCC2=O)c1. The molecule has 1 saturated heterocycles. The minimum atomic E-state index is -0.199. The maximum Gasteiger partial charge on any atom is 0.227 e. The maximum atomic E-state index is 12.8. The van der Waals surface area contributed by atoms with Gasteiger partial charge in [-0.05, 0) is 24.1 Å². The van der Waals surface area contributed by atoms with Gasteiger partial charge in [-0.2, -0.15) is 0 Å². The Morgan fingerprint density at radius 2 is 2.22 bits per heavy atom. The molecule has 27 heavy (non-hydrogen) atoms. The molecule has 1 fully saturated rings. The van der Waals surface area contributed by atoms with E-state index in [-0.39, 0.29) is 17.7 Å². The van der Waals surface area contributed by atoms with Crippen LogP contribution < -0.4 is 4.74 Å². The summed E-state index contributed by atoms with van der Waals surface area (Å²) in [6, 6.07) is 7.65. The van der Waals surface area contributed by atoms with Crippen molar-refractivity contribution in [3.8, 4) is 5.75 Å². The second-order valence-electron chi connectivity index (χ2n) is 6.75. The summed E-state index contributed by atoms with van der Waals surface area (Å²) >= 11 is 0. The molecule has 1 atom stereocenters. The highest BCUT2D eigenvalue weighted by atomic mass is 16.5. The Morgan fingerprint density at radius 1 is 1.37 bits per heavy atom. The average Bonchev–Trinajstić information content (AvgIpc) is 2.70. The van der Waals surface area contributed by atoms with Gasteiger partial charge in [-0.1, -0.05) is 12.1 Å². The second kappa shape index (κ2) is 8.62. The van der Waals surface area contributed by atoms with Crippen molar-refractivity contribution in [2.45, 2.75) is 25.9 Å². The molecule has 1 aromatic carbocycles. The van der Waals surface area contributed by atoms with E-state index >= 15 is 0 Å². The molecule has 0 N–H and O–H groups in total. The van der Waals surface area contributed by atoms with Crippen LogP contribution in [0.25, 0.3) is 0 Å². The zero-order chi connectivity index (χ0) is 19.2. The number of amides is 2. The Balaban J connectivity index is 1.63. The smallest absolute Gasteiger partial charge is 0.227 e. The predicted molar refractivity (Wildman–Crippen MR) is 99.6 cm³/mol. The number of rotatable bonds is 6. The van der Waals surface area contributed by atoms with E-state index in [2.05, 4.69) is 9.97 Å². The summed E-state index contributed by atoms with van der Waals surface area (Å²) in [7, 11) is 3.38. The van der Waals surface area contributed by atoms with E-state index in [0.717, 1.165) is 17.0 Å². The number of aromatic nitrogens is 2. The Hall–Kier alpha value is -2.96. The lowest BCUT2D eigenvalue weighted by Crippen LogP contribution is -2.45. The van der Waals surface area contributed by atoms with E-state index in [1.54, 1.807) is 42.5 Å². The molecule has 2 heterocycles. The first-order valence-corrected chi connectivity index (χ1v) is 8.97. The lowest BCUT2D eigenvalue weighted by atomic mass is 9.95. The van der Waals surface area contributed by atoms with Crippen molar-refractivity contribution in [1.29, 1.82) is 0 Å². The number of methoxy groups -OCH3 is 1. The van der Waals surface area contributed by atoms with Gasteiger partial charge in [0.25, 0.3) is 0 Å². The van der Waals surface area contributed by atoms with Crippen LogP contribution in [0.15, 0.2) is 42.9 Å². The summed E-state index contributed by atoms with van der Waals surface area (Å²) in [6.45, 7) is 1.32. The summed E-state index contributed by atoms with van der Waals surface area (Å²) < 4.78 is 5.24. The normalized spacial score (nSPS) is 16.9. The van der Waals surface area contributed by atoms with Crippen molar-refractivity contribution in [3.63, 3.8) is 0 Å². The number of ether oxygens (including phenoxy) is 1. The molecular weight excluding hydrogens is 344 g/mol. The van der Waals surface area contributed by atoms with Crippen molar-refractivity contribution in [2.24, 2.45) is 5.92 Å². The van der Waals surface area contributed by atoms with Crippen LogP contribution in [0.1, 0.15) is 24.1 Å². The molecule has 0 saturated carbocycles. The van der Waals surface area contributed by atoms with Gasteiger partial charge in [-0.3, -0.25) is 19.6 Å². The minimum absolute atomic E-state index is 0.0313. The van der Waals surface area contributed by atoms with Crippen LogP contribution >= 0.6 is 0 Å². The van der Waals surface area contributed by atoms with Crippen LogP contribution in [-0.2, 0) is 22.7 Å². The molecular formula is C20H24N4O3. The summed E-state index contributed by atoms with van der Waals surface area (Å²) in [5.41, 5.74) is 1.73. The highest BCUT2D eigenvalue weighted by Crippen LogP contribution is 2.23. The molecule has 3 rings (SSSR count). The van der Waals surface area contributed by atoms with Crippen LogP contribution in [0.5, 0.6) is 5.75 Å². The third-order valence-corrected chi connectivity index (χ3v) is 4.75. The van der Waals surface area contributed by atoms with E-state index in [1.807, 2.05) is 24.3 Å². The molecule has 2 amide bonds. The summed E-state index contributed by atoms with van der Waals surface area (Å²) in [6.07, 6.45) is 5.84. The van der Waals surface area contributed by atoms with Gasteiger partial charge in [0.15, 0.2) is 0 Å². The monoisotopic (exact) mass is 368 g/mol. The Kier molecular flexibility index (Phi) is 6.01. The number of carbonyl (C=O) groups excluding carboxylic acids is 2. The molecule has 0 unspecified atom stereocenters. The topological polar surface area (TPSA) is 75.6 Å². The number of likely N-dealkylation sites (tertiary alicyclic amines) is 1. The first-order chi connectivity index (χ1) is 13.1. The van der Waals surface area contributed by atoms with E-state index in [0.29, 0.717) is 32.5 Å². The van der Waals surface area contributed by atoms with Gasteiger partial charge >= 0.3 is 0 Å². The lowest BCUT2D eigenvalue weighted by Gasteiger charge is -2.34. The maximum absolute atomic E-state index is 12.8. The van der Waals surface area contributed by atoms with Gasteiger partial charge in [0.05, 0.1) is 31.5 Å². The zero-order valence-corrected chi connectivity index (χ0v) is 15.7. The highest BCUT2D eigenvalue weighted by molar-refractivity contribution is 5.83. The lowest BCUT2D eigenvalue weighted by molar-refractivity contribution is -0.143. The van der Waals surface area contributed by atoms with Gasteiger partial charge < -0.3 is 14.5 Å². The van der Waals surface area contributed by atoms with Gasteiger partial charge in [-0.15, -0.1) is 0 Å². The molecule has 1 aromatic heterocycles. The van der Waals surface area contributed by atoms with Crippen molar-refractivity contribution in [1.82, 2.24) is 19.8 Å². The van der Waals surface area contributed by atoms with E-state index in [4.69, 9.17) is 4.74 Å². The van der Waals surface area contributed by atoms with Crippen LogP contribution in [0, 0.1) is 5.92 Å². The van der Waals surface area contributed by atoms with E-state index in [1.165, 1.54) is 0 Å². The second-order valence-corrected chi connectivity index (χ2v) is 6.75. The molecule has 142 valence electrons. The Labute approximate surface area is 159 Å². The molecule has 0 aliphatic carbocycles. The minimum Gasteiger partial charge on any atom is -0.497 e. The highest BCUT2D eigenvalue weighted by Gasteiger charge is 2.32. The van der Waals surface area contributed by atoms with Crippen LogP contribution in [0.3, 0.4) is 0 Å². The van der Waals surface area contributed by atoms with Gasteiger partial charge in [0.1, 0.15) is 5.75 Å². The Bertz CT molecular complexity index is 797. The molecule has 0 spiro atoms. The standard InChI is InChI=1S/C20H24N4O3/c1-23(14-17-11-21-8-9-22-17)20(26)16-6-7-19(25)24(13-16)12-15-4-3-5-18(10-15)27-2/h3-5,8-11,16H,6-7,12-14H2,1-2H3/t16-/m0/s1. The fourth-order valence-corrected chi connectivity index (χ4v) is 3.30. The van der Waals surface area contributed by atoms with Gasteiger partial charge in [0, 0.05) is 39.0 Å². The first-order valence-electron chi connectivity index (χ1n) is 8.97. The number of benzene rings is 1. The fraction of sp³-hybridized carbons (Fsp3) is 0.400. The predicted octanol–water partition coefficient (Wildman–Crippen LogP) is 1.88. The zero-order valence-electron chi connectivity index (χ0n) is 15.7.